The number of carbonyl (C=O) groups excluding carboxylic acids is 2. The van der Waals surface area contributed by atoms with Crippen LogP contribution in [0.1, 0.15) is 37.4 Å². The van der Waals surface area contributed by atoms with Crippen LogP contribution in [0, 0.1) is 13.8 Å². The van der Waals surface area contributed by atoms with E-state index in [2.05, 4.69) is 20.2 Å². The Hall–Kier alpha value is -2.15. The van der Waals surface area contributed by atoms with Crippen molar-refractivity contribution in [2.24, 2.45) is 0 Å². The van der Waals surface area contributed by atoms with Crippen LogP contribution in [-0.4, -0.2) is 34.0 Å². The van der Waals surface area contributed by atoms with E-state index in [9.17, 15) is 9.59 Å². The predicted octanol–water partition coefficient (Wildman–Crippen LogP) is 2.12. The minimum Gasteiger partial charge on any atom is -0.355 e. The quantitative estimate of drug-likeness (QED) is 0.805. The number of thiazole rings is 1. The normalized spacial score (nSPS) is 10.9. The van der Waals surface area contributed by atoms with Crippen molar-refractivity contribution in [2.75, 3.05) is 6.54 Å². The summed E-state index contributed by atoms with van der Waals surface area (Å²) >= 11 is 1.52. The maximum atomic E-state index is 12.0. The number of amides is 2. The van der Waals surface area contributed by atoms with Crippen LogP contribution in [0.15, 0.2) is 17.5 Å². The Labute approximate surface area is 146 Å². The van der Waals surface area contributed by atoms with Crippen LogP contribution < -0.4 is 10.6 Å². The lowest BCUT2D eigenvalue weighted by atomic mass is 10.3. The average Bonchev–Trinajstić information content (AvgIpc) is 3.04. The number of hydrogen-bond acceptors (Lipinski definition) is 4. The van der Waals surface area contributed by atoms with Gasteiger partial charge in [-0.05, 0) is 39.8 Å². The minimum atomic E-state index is -0.120. The van der Waals surface area contributed by atoms with Crippen molar-refractivity contribution in [2.45, 2.75) is 46.6 Å². The summed E-state index contributed by atoms with van der Waals surface area (Å²) in [5.41, 5.74) is 2.98. The maximum Gasteiger partial charge on any atom is 0.226 e. The van der Waals surface area contributed by atoms with Gasteiger partial charge in [-0.25, -0.2) is 4.98 Å². The maximum absolute atomic E-state index is 12.0. The molecule has 2 aromatic rings. The van der Waals surface area contributed by atoms with Gasteiger partial charge in [0.25, 0.3) is 0 Å². The number of carbonyl (C=O) groups is 2. The third-order valence-corrected chi connectivity index (χ3v) is 4.34. The minimum absolute atomic E-state index is 0.0557. The zero-order chi connectivity index (χ0) is 17.7. The molecule has 2 aromatic heterocycles. The van der Waals surface area contributed by atoms with Gasteiger partial charge in [0, 0.05) is 35.8 Å². The fourth-order valence-corrected chi connectivity index (χ4v) is 3.33. The summed E-state index contributed by atoms with van der Waals surface area (Å²) in [4.78, 5) is 28.0. The monoisotopic (exact) mass is 348 g/mol. The highest BCUT2D eigenvalue weighted by Gasteiger charge is 2.11. The van der Waals surface area contributed by atoms with Crippen LogP contribution in [0.3, 0.4) is 0 Å². The molecule has 0 saturated carbocycles. The Morgan fingerprint density at radius 2 is 1.88 bits per heavy atom. The molecule has 24 heavy (non-hydrogen) atoms. The Kier molecular flexibility index (Phi) is 6.14. The summed E-state index contributed by atoms with van der Waals surface area (Å²) in [6.07, 6.45) is 0.510. The summed E-state index contributed by atoms with van der Waals surface area (Å²) < 4.78 is 2.07. The van der Waals surface area contributed by atoms with Crippen LogP contribution >= 0.6 is 11.3 Å². The highest BCUT2D eigenvalue weighted by Crippen LogP contribution is 2.20. The molecule has 0 bridgehead atoms. The smallest absolute Gasteiger partial charge is 0.226 e. The predicted molar refractivity (Wildman–Crippen MR) is 95.5 cm³/mol. The molecule has 0 atom stereocenters. The number of nitrogens with one attached hydrogen (secondary N) is 2. The molecule has 0 aliphatic heterocycles. The lowest BCUT2D eigenvalue weighted by Gasteiger charge is -2.08. The van der Waals surface area contributed by atoms with Gasteiger partial charge in [-0.3, -0.25) is 14.2 Å². The van der Waals surface area contributed by atoms with Crippen LogP contribution in [0.5, 0.6) is 0 Å². The third-order valence-electron chi connectivity index (χ3n) is 3.47. The van der Waals surface area contributed by atoms with Crippen molar-refractivity contribution in [1.82, 2.24) is 20.2 Å². The number of aromatic nitrogens is 2. The van der Waals surface area contributed by atoms with Gasteiger partial charge in [-0.2, -0.15) is 0 Å². The molecule has 2 N–H and O–H groups in total. The van der Waals surface area contributed by atoms with Gasteiger partial charge < -0.3 is 10.6 Å². The van der Waals surface area contributed by atoms with Gasteiger partial charge in [0.15, 0.2) is 5.13 Å². The Morgan fingerprint density at radius 1 is 1.21 bits per heavy atom. The zero-order valence-corrected chi connectivity index (χ0v) is 15.4. The molecule has 0 aromatic carbocycles. The second-order valence-corrected chi connectivity index (χ2v) is 6.91. The molecule has 0 spiro atoms. The molecular formula is C17H24N4O2S. The molecule has 6 nitrogen and oxygen atoms in total. The van der Waals surface area contributed by atoms with Crippen molar-refractivity contribution >= 4 is 23.2 Å². The molecule has 2 heterocycles. The lowest BCUT2D eigenvalue weighted by Crippen LogP contribution is -2.34. The molecule has 130 valence electrons. The Bertz CT molecular complexity index is 698. The van der Waals surface area contributed by atoms with E-state index in [0.29, 0.717) is 6.54 Å². The van der Waals surface area contributed by atoms with Gasteiger partial charge in [-0.1, -0.05) is 0 Å². The number of aryl methyl sites for hydroxylation is 2. The molecule has 0 radical (unpaired) electrons. The van der Waals surface area contributed by atoms with Gasteiger partial charge in [0.2, 0.25) is 11.8 Å². The van der Waals surface area contributed by atoms with Crippen LogP contribution in [0.25, 0.3) is 5.13 Å². The fourth-order valence-electron chi connectivity index (χ4n) is 2.39. The summed E-state index contributed by atoms with van der Waals surface area (Å²) in [5.74, 6) is -0.176. The third kappa shape index (κ3) is 4.92. The van der Waals surface area contributed by atoms with Crippen LogP contribution in [-0.2, 0) is 16.0 Å². The van der Waals surface area contributed by atoms with E-state index < -0.39 is 0 Å². The fraction of sp³-hybridized carbons (Fsp3) is 0.471. The summed E-state index contributed by atoms with van der Waals surface area (Å²) in [5, 5.41) is 8.32. The average molecular weight is 348 g/mol. The summed E-state index contributed by atoms with van der Waals surface area (Å²) in [6, 6.07) is 4.21. The molecular weight excluding hydrogens is 324 g/mol. The molecule has 0 aliphatic rings. The molecule has 0 aliphatic carbocycles. The molecule has 0 saturated heterocycles. The molecule has 0 unspecified atom stereocenters. The second-order valence-electron chi connectivity index (χ2n) is 6.07. The van der Waals surface area contributed by atoms with Crippen LogP contribution in [0.2, 0.25) is 0 Å². The molecule has 0 fully saturated rings. The van der Waals surface area contributed by atoms with E-state index in [0.717, 1.165) is 22.2 Å². The van der Waals surface area contributed by atoms with Gasteiger partial charge in [0.05, 0.1) is 12.1 Å². The zero-order valence-electron chi connectivity index (χ0n) is 14.5. The van der Waals surface area contributed by atoms with Crippen molar-refractivity contribution in [3.63, 3.8) is 0 Å². The second kappa shape index (κ2) is 8.10. The highest BCUT2D eigenvalue weighted by molar-refractivity contribution is 7.12. The molecule has 2 amide bonds. The first kappa shape index (κ1) is 18.2. The SMILES string of the molecule is Cc1ccc(C)n1-c1nc(CC(=O)NCCC(=O)NC(C)C)cs1. The number of hydrogen-bond donors (Lipinski definition) is 2. The highest BCUT2D eigenvalue weighted by atomic mass is 32.1. The van der Waals surface area contributed by atoms with E-state index in [1.807, 2.05) is 45.2 Å². The Balaban J connectivity index is 1.84. The van der Waals surface area contributed by atoms with E-state index >= 15 is 0 Å². The van der Waals surface area contributed by atoms with E-state index in [1.165, 1.54) is 11.3 Å². The van der Waals surface area contributed by atoms with Gasteiger partial charge >= 0.3 is 0 Å². The molecule has 2 rings (SSSR count). The summed E-state index contributed by atoms with van der Waals surface area (Å²) in [6.45, 7) is 8.21. The van der Waals surface area contributed by atoms with E-state index in [1.54, 1.807) is 0 Å². The van der Waals surface area contributed by atoms with Crippen molar-refractivity contribution in [3.05, 3.63) is 34.6 Å². The van der Waals surface area contributed by atoms with Gasteiger partial charge in [-0.15, -0.1) is 11.3 Å². The number of rotatable bonds is 7. The lowest BCUT2D eigenvalue weighted by molar-refractivity contribution is -0.122. The largest absolute Gasteiger partial charge is 0.355 e. The summed E-state index contributed by atoms with van der Waals surface area (Å²) in [7, 11) is 0. The first-order chi connectivity index (χ1) is 11.4. The van der Waals surface area contributed by atoms with Crippen molar-refractivity contribution < 1.29 is 9.59 Å². The van der Waals surface area contributed by atoms with Crippen molar-refractivity contribution in [3.8, 4) is 5.13 Å². The first-order valence-corrected chi connectivity index (χ1v) is 8.90. The standard InChI is InChI=1S/C17H24N4O2S/c1-11(2)19-15(22)7-8-18-16(23)9-14-10-24-17(20-14)21-12(3)5-6-13(21)4/h5-6,10-11H,7-9H2,1-4H3,(H,18,23)(H,19,22). The molecule has 7 heteroatoms. The van der Waals surface area contributed by atoms with E-state index in [-0.39, 0.29) is 30.7 Å². The topological polar surface area (TPSA) is 76.0 Å². The van der Waals surface area contributed by atoms with E-state index in [4.69, 9.17) is 0 Å². The van der Waals surface area contributed by atoms with Crippen LogP contribution in [0.4, 0.5) is 0 Å². The van der Waals surface area contributed by atoms with Gasteiger partial charge in [0.1, 0.15) is 0 Å². The van der Waals surface area contributed by atoms with Crippen molar-refractivity contribution in [1.29, 1.82) is 0 Å². The first-order valence-electron chi connectivity index (χ1n) is 8.02. The number of nitrogens with zero attached hydrogens (tertiary/aromatic N) is 2. The Morgan fingerprint density at radius 3 is 2.50 bits per heavy atom.